The molecule has 0 amide bonds. The summed E-state index contributed by atoms with van der Waals surface area (Å²) in [6, 6.07) is 0. The summed E-state index contributed by atoms with van der Waals surface area (Å²) in [5, 5.41) is 28.4. The normalized spacial score (nSPS) is 28.6. The molecule has 8 nitrogen and oxygen atoms in total. The van der Waals surface area contributed by atoms with Crippen molar-refractivity contribution in [3.8, 4) is 0 Å². The van der Waals surface area contributed by atoms with Gasteiger partial charge in [0.25, 0.3) is 0 Å². The zero-order chi connectivity index (χ0) is 16.9. The minimum Gasteiger partial charge on any atom is -0.394 e. The number of aliphatic hydroxyl groups excluding tert-OH is 3. The molecule has 1 aliphatic rings. The first-order valence-electron chi connectivity index (χ1n) is 6.56. The highest BCUT2D eigenvalue weighted by molar-refractivity contribution is 5.90. The van der Waals surface area contributed by atoms with Crippen molar-refractivity contribution >= 4 is 16.9 Å². The monoisotopic (exact) mass is 334 g/mol. The molecule has 2 aromatic rings. The smallest absolute Gasteiger partial charge is 0.394 e. The number of aromatic nitrogens is 3. The summed E-state index contributed by atoms with van der Waals surface area (Å²) in [5.74, 6) is -0.368. The second kappa shape index (κ2) is 5.30. The van der Waals surface area contributed by atoms with Gasteiger partial charge in [0.15, 0.2) is 6.23 Å². The van der Waals surface area contributed by atoms with Crippen molar-refractivity contribution in [2.75, 3.05) is 12.3 Å². The quantitative estimate of drug-likeness (QED) is 0.591. The van der Waals surface area contributed by atoms with Crippen molar-refractivity contribution < 1.29 is 33.2 Å². The first-order chi connectivity index (χ1) is 10.8. The molecule has 0 bridgehead atoms. The molecule has 11 heteroatoms. The molecule has 0 unspecified atom stereocenters. The zero-order valence-corrected chi connectivity index (χ0v) is 11.5. The minimum atomic E-state index is -4.72. The Morgan fingerprint density at radius 1 is 1.26 bits per heavy atom. The van der Waals surface area contributed by atoms with E-state index >= 15 is 0 Å². The van der Waals surface area contributed by atoms with E-state index in [9.17, 15) is 23.4 Å². The van der Waals surface area contributed by atoms with Crippen LogP contribution in [0.3, 0.4) is 0 Å². The molecule has 5 N–H and O–H groups in total. The van der Waals surface area contributed by atoms with Gasteiger partial charge >= 0.3 is 6.18 Å². The van der Waals surface area contributed by atoms with E-state index in [2.05, 4.69) is 9.97 Å². The Morgan fingerprint density at radius 3 is 2.52 bits per heavy atom. The van der Waals surface area contributed by atoms with E-state index < -0.39 is 48.3 Å². The standard InChI is InChI=1S/C12H13F3N4O4/c13-12(14,15)4-1-19(10-6(4)9(16)17-3-18-10)11-8(22)7(21)5(2-20)23-11/h1,3,5,7-8,11,20-22H,2H2,(H2,16,17,18)/t5-,7-,8-,11-/m1/s1. The third kappa shape index (κ3) is 2.41. The van der Waals surface area contributed by atoms with Crippen molar-refractivity contribution in [3.05, 3.63) is 18.1 Å². The number of nitrogens with zero attached hydrogens (tertiary/aromatic N) is 3. The van der Waals surface area contributed by atoms with Crippen LogP contribution in [0.1, 0.15) is 11.8 Å². The lowest BCUT2D eigenvalue weighted by molar-refractivity contribution is -0.136. The molecule has 2 aromatic heterocycles. The molecule has 126 valence electrons. The number of nitrogens with two attached hydrogens (primary N) is 1. The van der Waals surface area contributed by atoms with Crippen molar-refractivity contribution in [1.29, 1.82) is 0 Å². The number of alkyl halides is 3. The molecule has 0 spiro atoms. The van der Waals surface area contributed by atoms with E-state index in [1.54, 1.807) is 0 Å². The third-order valence-electron chi connectivity index (χ3n) is 3.74. The van der Waals surface area contributed by atoms with Crippen LogP contribution in [0.15, 0.2) is 12.5 Å². The Labute approximate surface area is 126 Å². The van der Waals surface area contributed by atoms with Crippen LogP contribution in [-0.2, 0) is 10.9 Å². The average molecular weight is 334 g/mol. The maximum absolute atomic E-state index is 13.2. The molecule has 0 aliphatic carbocycles. The molecule has 1 saturated heterocycles. The minimum absolute atomic E-state index is 0.195. The van der Waals surface area contributed by atoms with Crippen molar-refractivity contribution in [3.63, 3.8) is 0 Å². The predicted octanol–water partition coefficient (Wildman–Crippen LogP) is -0.356. The molecule has 3 rings (SSSR count). The van der Waals surface area contributed by atoms with Crippen molar-refractivity contribution in [1.82, 2.24) is 14.5 Å². The Kier molecular flexibility index (Phi) is 3.67. The summed E-state index contributed by atoms with van der Waals surface area (Å²) in [6.45, 7) is -0.600. The molecular weight excluding hydrogens is 321 g/mol. The predicted molar refractivity (Wildman–Crippen MR) is 70.0 cm³/mol. The number of nitrogen functional groups attached to an aromatic ring is 1. The van der Waals surface area contributed by atoms with E-state index in [1.807, 2.05) is 0 Å². The van der Waals surface area contributed by atoms with Crippen molar-refractivity contribution in [2.24, 2.45) is 0 Å². The average Bonchev–Trinajstić information content (AvgIpc) is 3.00. The molecular formula is C12H13F3N4O4. The maximum Gasteiger partial charge on any atom is 0.418 e. The Bertz CT molecular complexity index is 735. The number of halogens is 3. The number of hydrogen-bond acceptors (Lipinski definition) is 7. The highest BCUT2D eigenvalue weighted by atomic mass is 19.4. The molecule has 1 fully saturated rings. The number of anilines is 1. The molecule has 4 atom stereocenters. The van der Waals surface area contributed by atoms with Crippen LogP contribution >= 0.6 is 0 Å². The lowest BCUT2D eigenvalue weighted by Gasteiger charge is -2.17. The Balaban J connectivity index is 2.18. The van der Waals surface area contributed by atoms with E-state index in [-0.39, 0.29) is 11.5 Å². The fourth-order valence-electron chi connectivity index (χ4n) is 2.63. The van der Waals surface area contributed by atoms with E-state index in [4.69, 9.17) is 15.6 Å². The molecule has 1 aliphatic heterocycles. The van der Waals surface area contributed by atoms with Crippen LogP contribution in [0.2, 0.25) is 0 Å². The lowest BCUT2D eigenvalue weighted by atomic mass is 10.1. The summed E-state index contributed by atoms with van der Waals surface area (Å²) >= 11 is 0. The zero-order valence-electron chi connectivity index (χ0n) is 11.5. The topological polar surface area (TPSA) is 127 Å². The fourth-order valence-corrected chi connectivity index (χ4v) is 2.63. The number of ether oxygens (including phenoxy) is 1. The van der Waals surface area contributed by atoms with Gasteiger partial charge < -0.3 is 30.4 Å². The maximum atomic E-state index is 13.2. The van der Waals surface area contributed by atoms with Gasteiger partial charge in [0.05, 0.1) is 17.6 Å². The van der Waals surface area contributed by atoms with Gasteiger partial charge in [-0.25, -0.2) is 9.97 Å². The first-order valence-corrected chi connectivity index (χ1v) is 6.56. The number of hydrogen-bond donors (Lipinski definition) is 4. The second-order valence-corrected chi connectivity index (χ2v) is 5.13. The van der Waals surface area contributed by atoms with Gasteiger partial charge in [0, 0.05) is 6.20 Å². The highest BCUT2D eigenvalue weighted by Crippen LogP contribution is 2.40. The fraction of sp³-hybridized carbons (Fsp3) is 0.500. The summed E-state index contributed by atoms with van der Waals surface area (Å²) < 4.78 is 45.8. The number of aliphatic hydroxyl groups is 3. The third-order valence-corrected chi connectivity index (χ3v) is 3.74. The van der Waals surface area contributed by atoms with Gasteiger partial charge in [-0.3, -0.25) is 0 Å². The molecule has 0 radical (unpaired) electrons. The second-order valence-electron chi connectivity index (χ2n) is 5.13. The highest BCUT2D eigenvalue weighted by Gasteiger charge is 2.45. The molecule has 0 aromatic carbocycles. The largest absolute Gasteiger partial charge is 0.418 e. The van der Waals surface area contributed by atoms with Gasteiger partial charge in [-0.05, 0) is 0 Å². The van der Waals surface area contributed by atoms with Crippen molar-refractivity contribution in [2.45, 2.75) is 30.7 Å². The van der Waals surface area contributed by atoms with Crippen LogP contribution in [0.25, 0.3) is 11.0 Å². The van der Waals surface area contributed by atoms with Crippen LogP contribution in [-0.4, -0.2) is 54.8 Å². The van der Waals surface area contributed by atoms with Crippen LogP contribution < -0.4 is 5.73 Å². The van der Waals surface area contributed by atoms with Crippen LogP contribution in [0.4, 0.5) is 19.0 Å². The summed E-state index contributed by atoms with van der Waals surface area (Å²) in [6.07, 6.45) is -8.51. The molecule has 3 heterocycles. The summed E-state index contributed by atoms with van der Waals surface area (Å²) in [5.41, 5.74) is 4.25. The first kappa shape index (κ1) is 15.9. The van der Waals surface area contributed by atoms with E-state index in [0.717, 1.165) is 10.9 Å². The van der Waals surface area contributed by atoms with E-state index in [0.29, 0.717) is 6.20 Å². The Hall–Kier alpha value is -1.95. The van der Waals surface area contributed by atoms with Gasteiger partial charge in [0.1, 0.15) is 36.1 Å². The van der Waals surface area contributed by atoms with E-state index in [1.165, 1.54) is 0 Å². The summed E-state index contributed by atoms with van der Waals surface area (Å²) in [7, 11) is 0. The molecule has 23 heavy (non-hydrogen) atoms. The number of fused-ring (bicyclic) bond motifs is 1. The van der Waals surface area contributed by atoms with Crippen LogP contribution in [0.5, 0.6) is 0 Å². The SMILES string of the molecule is Nc1ncnc2c1c(C(F)(F)F)cn2[C@@H]1O[C@H](CO)[C@@H](O)[C@H]1O. The Morgan fingerprint density at radius 2 is 1.96 bits per heavy atom. The van der Waals surface area contributed by atoms with Crippen LogP contribution in [0, 0.1) is 0 Å². The van der Waals surface area contributed by atoms with Gasteiger partial charge in [-0.1, -0.05) is 0 Å². The molecule has 0 saturated carbocycles. The summed E-state index contributed by atoms with van der Waals surface area (Å²) in [4.78, 5) is 7.31. The number of rotatable bonds is 2. The van der Waals surface area contributed by atoms with Gasteiger partial charge in [-0.15, -0.1) is 0 Å². The lowest BCUT2D eigenvalue weighted by Crippen LogP contribution is -2.33. The van der Waals surface area contributed by atoms with Gasteiger partial charge in [0.2, 0.25) is 0 Å². The van der Waals surface area contributed by atoms with Gasteiger partial charge in [-0.2, -0.15) is 13.2 Å².